The van der Waals surface area contributed by atoms with Gasteiger partial charge in [0.25, 0.3) is 10.2 Å². The maximum absolute atomic E-state index is 12.9. The molecule has 2 heterocycles. The van der Waals surface area contributed by atoms with Crippen LogP contribution in [0.5, 0.6) is 5.75 Å². The molecule has 2 saturated heterocycles. The predicted octanol–water partition coefficient (Wildman–Crippen LogP) is 0.991. The second-order valence-electron chi connectivity index (χ2n) is 6.97. The summed E-state index contributed by atoms with van der Waals surface area (Å²) in [5.74, 6) is 0.294. The van der Waals surface area contributed by atoms with Crippen molar-refractivity contribution in [3.8, 4) is 5.75 Å². The number of nitrogens with one attached hydrogen (secondary N) is 1. The number of amides is 1. The SMILES string of the molecule is CCOc1ccccc1CNC(=O)[C@H]1CCCN(S(=O)(=O)N2CCOCC2)C1. The van der Waals surface area contributed by atoms with Crippen LogP contribution in [0.4, 0.5) is 0 Å². The van der Waals surface area contributed by atoms with Gasteiger partial charge >= 0.3 is 0 Å². The Morgan fingerprint density at radius 3 is 2.71 bits per heavy atom. The van der Waals surface area contributed by atoms with Crippen LogP contribution in [0.1, 0.15) is 25.3 Å². The van der Waals surface area contributed by atoms with Gasteiger partial charge in [0.2, 0.25) is 5.91 Å². The third-order valence-electron chi connectivity index (χ3n) is 5.10. The summed E-state index contributed by atoms with van der Waals surface area (Å²) in [5.41, 5.74) is 0.909. The molecule has 2 aliphatic heterocycles. The van der Waals surface area contributed by atoms with Crippen molar-refractivity contribution in [3.05, 3.63) is 29.8 Å². The maximum atomic E-state index is 12.9. The molecular weight excluding hydrogens is 382 g/mol. The third kappa shape index (κ3) is 5.02. The average molecular weight is 412 g/mol. The fourth-order valence-electron chi connectivity index (χ4n) is 3.58. The van der Waals surface area contributed by atoms with E-state index in [4.69, 9.17) is 9.47 Å². The second kappa shape index (κ2) is 9.69. The quantitative estimate of drug-likeness (QED) is 0.723. The first kappa shape index (κ1) is 21.0. The summed E-state index contributed by atoms with van der Waals surface area (Å²) in [6.07, 6.45) is 1.37. The van der Waals surface area contributed by atoms with Crippen LogP contribution in [0.3, 0.4) is 0 Å². The van der Waals surface area contributed by atoms with E-state index in [0.717, 1.165) is 11.3 Å². The number of nitrogens with zero attached hydrogens (tertiary/aromatic N) is 2. The monoisotopic (exact) mass is 411 g/mol. The van der Waals surface area contributed by atoms with E-state index in [2.05, 4.69) is 5.32 Å². The van der Waals surface area contributed by atoms with Crippen molar-refractivity contribution in [2.75, 3.05) is 46.0 Å². The average Bonchev–Trinajstić information content (AvgIpc) is 2.74. The predicted molar refractivity (Wildman–Crippen MR) is 105 cm³/mol. The smallest absolute Gasteiger partial charge is 0.282 e. The van der Waals surface area contributed by atoms with E-state index >= 15 is 0 Å². The summed E-state index contributed by atoms with van der Waals surface area (Å²) in [7, 11) is -3.55. The zero-order chi connectivity index (χ0) is 20.0. The highest BCUT2D eigenvalue weighted by atomic mass is 32.2. The fraction of sp³-hybridized carbons (Fsp3) is 0.632. The van der Waals surface area contributed by atoms with Gasteiger partial charge in [0.05, 0.1) is 25.7 Å². The molecule has 0 unspecified atom stereocenters. The van der Waals surface area contributed by atoms with Crippen molar-refractivity contribution in [1.82, 2.24) is 13.9 Å². The first-order valence-corrected chi connectivity index (χ1v) is 11.2. The number of morpholine rings is 1. The van der Waals surface area contributed by atoms with Crippen molar-refractivity contribution in [3.63, 3.8) is 0 Å². The van der Waals surface area contributed by atoms with Crippen LogP contribution >= 0.6 is 0 Å². The molecule has 0 spiro atoms. The molecule has 1 N–H and O–H groups in total. The molecule has 1 amide bonds. The van der Waals surface area contributed by atoms with Gasteiger partial charge in [0.1, 0.15) is 5.75 Å². The molecule has 9 heteroatoms. The summed E-state index contributed by atoms with van der Waals surface area (Å²) in [4.78, 5) is 12.7. The normalized spacial score (nSPS) is 22.0. The van der Waals surface area contributed by atoms with Crippen molar-refractivity contribution < 1.29 is 22.7 Å². The van der Waals surface area contributed by atoms with Gasteiger partial charge in [-0.2, -0.15) is 17.0 Å². The maximum Gasteiger partial charge on any atom is 0.282 e. The molecule has 0 aliphatic carbocycles. The molecule has 1 aromatic carbocycles. The van der Waals surface area contributed by atoms with Gasteiger partial charge in [-0.25, -0.2) is 0 Å². The zero-order valence-electron chi connectivity index (χ0n) is 16.3. The molecule has 28 heavy (non-hydrogen) atoms. The third-order valence-corrected chi connectivity index (χ3v) is 7.11. The number of benzene rings is 1. The molecule has 0 saturated carbocycles. The molecule has 0 bridgehead atoms. The second-order valence-corrected chi connectivity index (χ2v) is 8.90. The van der Waals surface area contributed by atoms with Crippen LogP contribution in [0.25, 0.3) is 0 Å². The van der Waals surface area contributed by atoms with Crippen LogP contribution in [0.2, 0.25) is 0 Å². The van der Waals surface area contributed by atoms with Gasteiger partial charge in [-0.05, 0) is 25.8 Å². The Morgan fingerprint density at radius 1 is 1.21 bits per heavy atom. The Hall–Kier alpha value is -1.68. The standard InChI is InChI=1S/C19H29N3O5S/c1-2-27-18-8-4-3-6-16(18)14-20-19(23)17-7-5-9-22(15-17)28(24,25)21-10-12-26-13-11-21/h3-4,6,8,17H,2,5,7,9-15H2,1H3,(H,20,23)/t17-/m0/s1. The van der Waals surface area contributed by atoms with E-state index in [1.165, 1.54) is 8.61 Å². The van der Waals surface area contributed by atoms with E-state index in [1.54, 1.807) is 0 Å². The van der Waals surface area contributed by atoms with Crippen molar-refractivity contribution >= 4 is 16.1 Å². The number of piperidine rings is 1. The molecule has 0 radical (unpaired) electrons. The molecule has 3 rings (SSSR count). The first-order chi connectivity index (χ1) is 13.5. The number of ether oxygens (including phenoxy) is 2. The Morgan fingerprint density at radius 2 is 1.96 bits per heavy atom. The number of para-hydroxylation sites is 1. The summed E-state index contributed by atoms with van der Waals surface area (Å²) in [6.45, 7) is 5.07. The van der Waals surface area contributed by atoms with E-state index in [0.29, 0.717) is 58.8 Å². The topological polar surface area (TPSA) is 88.2 Å². The Balaban J connectivity index is 1.58. The highest BCUT2D eigenvalue weighted by molar-refractivity contribution is 7.86. The Bertz CT molecular complexity index is 765. The molecule has 156 valence electrons. The zero-order valence-corrected chi connectivity index (χ0v) is 17.1. The fourth-order valence-corrected chi connectivity index (χ4v) is 5.24. The van der Waals surface area contributed by atoms with Gasteiger partial charge in [-0.1, -0.05) is 18.2 Å². The number of hydrogen-bond acceptors (Lipinski definition) is 5. The number of rotatable bonds is 7. The molecule has 2 aliphatic rings. The minimum Gasteiger partial charge on any atom is -0.494 e. The van der Waals surface area contributed by atoms with Crippen molar-refractivity contribution in [1.29, 1.82) is 0 Å². The van der Waals surface area contributed by atoms with Gasteiger partial charge in [-0.15, -0.1) is 0 Å². The van der Waals surface area contributed by atoms with Crippen molar-refractivity contribution in [2.24, 2.45) is 5.92 Å². The van der Waals surface area contributed by atoms with Crippen LogP contribution in [-0.2, 0) is 26.3 Å². The lowest BCUT2D eigenvalue weighted by molar-refractivity contribution is -0.126. The van der Waals surface area contributed by atoms with E-state index < -0.39 is 10.2 Å². The largest absolute Gasteiger partial charge is 0.494 e. The van der Waals surface area contributed by atoms with Crippen LogP contribution < -0.4 is 10.1 Å². The van der Waals surface area contributed by atoms with Gasteiger partial charge in [0.15, 0.2) is 0 Å². The Kier molecular flexibility index (Phi) is 7.28. The van der Waals surface area contributed by atoms with Gasteiger partial charge < -0.3 is 14.8 Å². The van der Waals surface area contributed by atoms with E-state index in [9.17, 15) is 13.2 Å². The van der Waals surface area contributed by atoms with E-state index in [1.807, 2.05) is 31.2 Å². The van der Waals surface area contributed by atoms with Crippen LogP contribution in [0, 0.1) is 5.92 Å². The first-order valence-electron chi connectivity index (χ1n) is 9.83. The highest BCUT2D eigenvalue weighted by Gasteiger charge is 2.36. The lowest BCUT2D eigenvalue weighted by atomic mass is 9.98. The van der Waals surface area contributed by atoms with E-state index in [-0.39, 0.29) is 18.4 Å². The summed E-state index contributed by atoms with van der Waals surface area (Å²) in [5, 5.41) is 2.94. The number of carbonyl (C=O) groups is 1. The molecule has 1 aromatic rings. The number of hydrogen-bond donors (Lipinski definition) is 1. The van der Waals surface area contributed by atoms with Gasteiger partial charge in [0, 0.05) is 38.3 Å². The minimum atomic E-state index is -3.55. The van der Waals surface area contributed by atoms with Crippen LogP contribution in [0.15, 0.2) is 24.3 Å². The van der Waals surface area contributed by atoms with Gasteiger partial charge in [-0.3, -0.25) is 4.79 Å². The molecule has 0 aromatic heterocycles. The summed E-state index contributed by atoms with van der Waals surface area (Å²) < 4.78 is 39.4. The summed E-state index contributed by atoms with van der Waals surface area (Å²) >= 11 is 0. The number of carbonyl (C=O) groups excluding carboxylic acids is 1. The Labute approximate surface area is 167 Å². The lowest BCUT2D eigenvalue weighted by Crippen LogP contribution is -2.52. The minimum absolute atomic E-state index is 0.117. The molecule has 2 fully saturated rings. The lowest BCUT2D eigenvalue weighted by Gasteiger charge is -2.36. The van der Waals surface area contributed by atoms with Crippen LogP contribution in [-0.4, -0.2) is 68.9 Å². The summed E-state index contributed by atoms with van der Waals surface area (Å²) in [6, 6.07) is 7.59. The molecular formula is C19H29N3O5S. The van der Waals surface area contributed by atoms with Crippen molar-refractivity contribution in [2.45, 2.75) is 26.3 Å². The molecule has 8 nitrogen and oxygen atoms in total. The highest BCUT2D eigenvalue weighted by Crippen LogP contribution is 2.23. The molecule has 1 atom stereocenters.